The molecule has 4 heteroatoms. The Morgan fingerprint density at radius 2 is 1.06 bits per heavy atom. The van der Waals surface area contributed by atoms with Gasteiger partial charge in [-0.15, -0.1) is 0 Å². The van der Waals surface area contributed by atoms with Gasteiger partial charge in [0.2, 0.25) is 5.89 Å². The van der Waals surface area contributed by atoms with E-state index in [-0.39, 0.29) is 0 Å². The molecular formula is C45H28N2O2. The van der Waals surface area contributed by atoms with E-state index < -0.39 is 0 Å². The summed E-state index contributed by atoms with van der Waals surface area (Å²) >= 11 is 0. The van der Waals surface area contributed by atoms with Gasteiger partial charge in [-0.2, -0.15) is 0 Å². The van der Waals surface area contributed by atoms with Gasteiger partial charge in [0.1, 0.15) is 11.1 Å². The van der Waals surface area contributed by atoms with E-state index in [2.05, 4.69) is 132 Å². The zero-order valence-electron chi connectivity index (χ0n) is 26.4. The molecule has 0 spiro atoms. The number of rotatable bonds is 5. The summed E-state index contributed by atoms with van der Waals surface area (Å²) in [5.74, 6) is 0.599. The van der Waals surface area contributed by atoms with Crippen molar-refractivity contribution in [1.29, 1.82) is 0 Å². The lowest BCUT2D eigenvalue weighted by Crippen LogP contribution is -2.10. The first-order chi connectivity index (χ1) is 24.3. The van der Waals surface area contributed by atoms with Crippen LogP contribution in [0, 0.1) is 0 Å². The SMILES string of the molecule is c1ccc(-c2ccc(N(c3ccc4ccc5ccccc5c4c3)c3cccc4c3oc3cc5nc(-c6ccccc6)oc5cc34)cc2)cc1. The summed E-state index contributed by atoms with van der Waals surface area (Å²) in [5, 5.41) is 6.87. The Balaban J connectivity index is 1.17. The largest absolute Gasteiger partial charge is 0.454 e. The van der Waals surface area contributed by atoms with Gasteiger partial charge < -0.3 is 13.7 Å². The Morgan fingerprint density at radius 1 is 0.408 bits per heavy atom. The second kappa shape index (κ2) is 11.0. The predicted octanol–water partition coefficient (Wildman–Crippen LogP) is 12.8. The maximum atomic E-state index is 6.76. The molecule has 8 aromatic carbocycles. The third-order valence-electron chi connectivity index (χ3n) is 9.47. The van der Waals surface area contributed by atoms with Crippen LogP contribution < -0.4 is 4.90 Å². The number of furan rings is 1. The maximum absolute atomic E-state index is 6.76. The quantitative estimate of drug-likeness (QED) is 0.178. The fraction of sp³-hybridized carbons (Fsp3) is 0. The number of hydrogen-bond donors (Lipinski definition) is 0. The van der Waals surface area contributed by atoms with Gasteiger partial charge in [0.15, 0.2) is 11.2 Å². The van der Waals surface area contributed by atoms with Crippen LogP contribution in [0.4, 0.5) is 17.1 Å². The van der Waals surface area contributed by atoms with Gasteiger partial charge in [-0.3, -0.25) is 0 Å². The van der Waals surface area contributed by atoms with Crippen molar-refractivity contribution in [3.05, 3.63) is 170 Å². The average Bonchev–Trinajstić information content (AvgIpc) is 3.76. The summed E-state index contributed by atoms with van der Waals surface area (Å²) in [6.45, 7) is 0. The van der Waals surface area contributed by atoms with Crippen LogP contribution in [-0.4, -0.2) is 4.98 Å². The van der Waals surface area contributed by atoms with Crippen molar-refractivity contribution < 1.29 is 8.83 Å². The van der Waals surface area contributed by atoms with Gasteiger partial charge in [-0.05, 0) is 81.2 Å². The fourth-order valence-electron chi connectivity index (χ4n) is 7.07. The topological polar surface area (TPSA) is 42.4 Å². The van der Waals surface area contributed by atoms with Gasteiger partial charge in [-0.25, -0.2) is 4.98 Å². The van der Waals surface area contributed by atoms with Crippen LogP contribution in [0.5, 0.6) is 0 Å². The molecule has 4 nitrogen and oxygen atoms in total. The van der Waals surface area contributed by atoms with E-state index >= 15 is 0 Å². The van der Waals surface area contributed by atoms with E-state index in [1.54, 1.807) is 0 Å². The molecule has 10 rings (SSSR count). The Bertz CT molecular complexity index is 2820. The van der Waals surface area contributed by atoms with Crippen LogP contribution in [-0.2, 0) is 0 Å². The first kappa shape index (κ1) is 27.5. The molecule has 0 bridgehead atoms. The number of oxazole rings is 1. The third-order valence-corrected chi connectivity index (χ3v) is 9.47. The summed E-state index contributed by atoms with van der Waals surface area (Å²) in [6.07, 6.45) is 0. The summed E-state index contributed by atoms with van der Waals surface area (Å²) in [6, 6.07) is 59.3. The minimum absolute atomic E-state index is 0.599. The highest BCUT2D eigenvalue weighted by atomic mass is 16.4. The lowest BCUT2D eigenvalue weighted by Gasteiger charge is -2.26. The Hall–Kier alpha value is -6.65. The molecule has 230 valence electrons. The lowest BCUT2D eigenvalue weighted by molar-refractivity contribution is 0.620. The van der Waals surface area contributed by atoms with Crippen LogP contribution >= 0.6 is 0 Å². The number of hydrogen-bond acceptors (Lipinski definition) is 4. The number of anilines is 3. The standard InChI is InChI=1S/C45H28N2O2/c1-3-10-29(11-4-1)30-20-23-34(24-21-30)47(35-25-22-32-19-18-31-12-7-8-15-36(31)38(32)26-35)41-17-9-16-37-39-27-43-40(28-42(39)48-44(37)41)46-45(49-43)33-13-5-2-6-14-33/h1-28H. The monoisotopic (exact) mass is 628 g/mol. The van der Waals surface area contributed by atoms with E-state index in [0.29, 0.717) is 5.89 Å². The third kappa shape index (κ3) is 4.57. The summed E-state index contributed by atoms with van der Waals surface area (Å²) in [5.41, 5.74) is 9.41. The number of nitrogens with zero attached hydrogens (tertiary/aromatic N) is 2. The summed E-state index contributed by atoms with van der Waals surface area (Å²) in [4.78, 5) is 7.11. The highest BCUT2D eigenvalue weighted by Gasteiger charge is 2.21. The van der Waals surface area contributed by atoms with Crippen LogP contribution in [0.25, 0.3) is 77.2 Å². The summed E-state index contributed by atoms with van der Waals surface area (Å²) < 4.78 is 13.0. The van der Waals surface area contributed by atoms with Gasteiger partial charge >= 0.3 is 0 Å². The molecule has 0 N–H and O–H groups in total. The van der Waals surface area contributed by atoms with Crippen molar-refractivity contribution in [2.45, 2.75) is 0 Å². The molecule has 0 radical (unpaired) electrons. The zero-order chi connectivity index (χ0) is 32.3. The van der Waals surface area contributed by atoms with Crippen molar-refractivity contribution in [2.24, 2.45) is 0 Å². The molecule has 2 heterocycles. The second-order valence-electron chi connectivity index (χ2n) is 12.4. The molecule has 2 aromatic heterocycles. The highest BCUT2D eigenvalue weighted by Crippen LogP contribution is 2.44. The maximum Gasteiger partial charge on any atom is 0.227 e. The van der Waals surface area contributed by atoms with E-state index in [1.807, 2.05) is 42.5 Å². The molecule has 49 heavy (non-hydrogen) atoms. The summed E-state index contributed by atoms with van der Waals surface area (Å²) in [7, 11) is 0. The van der Waals surface area contributed by atoms with E-state index in [1.165, 1.54) is 32.7 Å². The Morgan fingerprint density at radius 3 is 1.88 bits per heavy atom. The van der Waals surface area contributed by atoms with Crippen molar-refractivity contribution in [1.82, 2.24) is 4.98 Å². The molecule has 0 aliphatic rings. The van der Waals surface area contributed by atoms with Crippen LogP contribution in [0.3, 0.4) is 0 Å². The number of fused-ring (bicyclic) bond motifs is 7. The highest BCUT2D eigenvalue weighted by molar-refractivity contribution is 6.14. The van der Waals surface area contributed by atoms with Crippen molar-refractivity contribution in [3.63, 3.8) is 0 Å². The molecule has 0 aliphatic carbocycles. The number of benzene rings is 8. The molecule has 0 unspecified atom stereocenters. The van der Waals surface area contributed by atoms with Crippen molar-refractivity contribution >= 4 is 71.6 Å². The zero-order valence-corrected chi connectivity index (χ0v) is 26.4. The molecular weight excluding hydrogens is 601 g/mol. The lowest BCUT2D eigenvalue weighted by atomic mass is 10.0. The molecule has 0 fully saturated rings. The van der Waals surface area contributed by atoms with Gasteiger partial charge in [-0.1, -0.05) is 115 Å². The van der Waals surface area contributed by atoms with Crippen LogP contribution in [0.15, 0.2) is 179 Å². The predicted molar refractivity (Wildman–Crippen MR) is 202 cm³/mol. The van der Waals surface area contributed by atoms with Crippen molar-refractivity contribution in [2.75, 3.05) is 4.90 Å². The fourth-order valence-corrected chi connectivity index (χ4v) is 7.07. The van der Waals surface area contributed by atoms with E-state index in [0.717, 1.165) is 55.7 Å². The molecule has 0 amide bonds. The number of para-hydroxylation sites is 1. The smallest absolute Gasteiger partial charge is 0.227 e. The minimum atomic E-state index is 0.599. The molecule has 0 atom stereocenters. The van der Waals surface area contributed by atoms with Gasteiger partial charge in [0, 0.05) is 33.8 Å². The van der Waals surface area contributed by atoms with E-state index in [9.17, 15) is 0 Å². The van der Waals surface area contributed by atoms with Gasteiger partial charge in [0.25, 0.3) is 0 Å². The minimum Gasteiger partial charge on any atom is -0.454 e. The molecule has 0 saturated carbocycles. The normalized spacial score (nSPS) is 11.7. The van der Waals surface area contributed by atoms with Crippen LogP contribution in [0.1, 0.15) is 0 Å². The Labute approximate surface area is 282 Å². The molecule has 0 saturated heterocycles. The Kier molecular flexibility index (Phi) is 6.15. The molecule has 10 aromatic rings. The van der Waals surface area contributed by atoms with Crippen LogP contribution in [0.2, 0.25) is 0 Å². The van der Waals surface area contributed by atoms with E-state index in [4.69, 9.17) is 13.8 Å². The first-order valence-electron chi connectivity index (χ1n) is 16.5. The first-order valence-corrected chi connectivity index (χ1v) is 16.5. The second-order valence-corrected chi connectivity index (χ2v) is 12.4. The molecule has 0 aliphatic heterocycles. The van der Waals surface area contributed by atoms with Gasteiger partial charge in [0.05, 0.1) is 5.69 Å². The average molecular weight is 629 g/mol. The number of aromatic nitrogens is 1. The van der Waals surface area contributed by atoms with Crippen molar-refractivity contribution in [3.8, 4) is 22.6 Å².